The fourth-order valence-corrected chi connectivity index (χ4v) is 15.6. The number of furan rings is 4. The third kappa shape index (κ3) is 5.81. The Hall–Kier alpha value is -12.8. The summed E-state index contributed by atoms with van der Waals surface area (Å²) in [4.78, 5) is 4.95. The Morgan fingerprint density at radius 3 is 0.833 bits per heavy atom. The second-order valence-electron chi connectivity index (χ2n) is 23.5. The van der Waals surface area contributed by atoms with Gasteiger partial charge in [0, 0.05) is 86.2 Å². The first-order chi connectivity index (χ1) is 44.6. The number of nitrogens with zero attached hydrogens (tertiary/aromatic N) is 6. The molecule has 0 saturated carbocycles. The average Bonchev–Trinajstić information content (AvgIpc) is 1.48. The highest BCUT2D eigenvalue weighted by Gasteiger charge is 2.37. The van der Waals surface area contributed by atoms with Crippen LogP contribution < -0.4 is 0 Å². The van der Waals surface area contributed by atoms with E-state index < -0.39 is 0 Å². The molecule has 10 nitrogen and oxygen atoms in total. The van der Waals surface area contributed by atoms with Crippen molar-refractivity contribution < 1.29 is 17.7 Å². The van der Waals surface area contributed by atoms with Crippen LogP contribution in [0.1, 0.15) is 5.56 Å². The summed E-state index contributed by atoms with van der Waals surface area (Å²) in [7, 11) is 0. The van der Waals surface area contributed by atoms with Crippen LogP contribution >= 0.6 is 0 Å². The highest BCUT2D eigenvalue weighted by atomic mass is 16.3. The first-order valence-corrected chi connectivity index (χ1v) is 30.0. The Bertz CT molecular complexity index is 6720. The van der Waals surface area contributed by atoms with Crippen molar-refractivity contribution in [2.45, 2.75) is 0 Å². The van der Waals surface area contributed by atoms with Gasteiger partial charge in [-0.25, -0.2) is 4.85 Å². The molecule has 414 valence electrons. The molecule has 8 heterocycles. The van der Waals surface area contributed by atoms with E-state index in [1.807, 2.05) is 84.9 Å². The molecule has 0 aliphatic carbocycles. The molecule has 0 atom stereocenters. The SMILES string of the molecule is [C-]#[N+]c1c(-n2c3ccccc3c3ccc4c5ccccc5oc4c32)c(C#N)c(-n2c3ccccc3c3ccc4c5ccccc5oc4c32)c(-n2c3ccccc3c3ccc4c5ccccc5oc4c32)c1-n1c2ccccc2c2ccc3c4ccccc4oc3c21. The fraction of sp³-hybridized carbons (Fsp3) is 0. The van der Waals surface area contributed by atoms with Crippen LogP contribution in [-0.2, 0) is 0 Å². The second-order valence-corrected chi connectivity index (χ2v) is 23.5. The van der Waals surface area contributed by atoms with Gasteiger partial charge in [-0.05, 0) is 72.8 Å². The van der Waals surface area contributed by atoms with E-state index in [0.717, 1.165) is 153 Å². The van der Waals surface area contributed by atoms with E-state index in [9.17, 15) is 11.8 Å². The lowest BCUT2D eigenvalue weighted by Gasteiger charge is -2.27. The van der Waals surface area contributed by atoms with Crippen LogP contribution in [0.25, 0.3) is 203 Å². The molecule has 0 spiro atoms. The lowest BCUT2D eigenvalue weighted by atomic mass is 10.0. The summed E-state index contributed by atoms with van der Waals surface area (Å²) in [5.41, 5.74) is 14.2. The van der Waals surface area contributed by atoms with E-state index in [1.54, 1.807) is 0 Å². The Labute approximate surface area is 507 Å². The van der Waals surface area contributed by atoms with Gasteiger partial charge in [0.2, 0.25) is 5.69 Å². The fourth-order valence-electron chi connectivity index (χ4n) is 15.6. The normalized spacial score (nSPS) is 12.4. The van der Waals surface area contributed by atoms with Crippen molar-refractivity contribution in [3.05, 3.63) is 260 Å². The van der Waals surface area contributed by atoms with Crippen LogP contribution in [-0.4, -0.2) is 18.3 Å². The summed E-state index contributed by atoms with van der Waals surface area (Å²) in [6.45, 7) is 10.3. The van der Waals surface area contributed by atoms with Crippen LogP contribution in [0, 0.1) is 17.9 Å². The molecule has 10 heteroatoms. The van der Waals surface area contributed by atoms with Crippen molar-refractivity contribution in [2.75, 3.05) is 0 Å². The smallest absolute Gasteiger partial charge is 0.237 e. The lowest BCUT2D eigenvalue weighted by molar-refractivity contribution is 0.670. The summed E-state index contributed by atoms with van der Waals surface area (Å²) in [6, 6.07) is 86.5. The first kappa shape index (κ1) is 47.5. The lowest BCUT2D eigenvalue weighted by Crippen LogP contribution is -2.15. The molecule has 13 aromatic carbocycles. The van der Waals surface area contributed by atoms with E-state index >= 15 is 0 Å². The molecule has 0 aliphatic heterocycles. The molecule has 0 bridgehead atoms. The molecule has 0 fully saturated rings. The third-order valence-electron chi connectivity index (χ3n) is 19.2. The molecular weight excluding hydrogens is 1110 g/mol. The number of hydrogen-bond acceptors (Lipinski definition) is 5. The molecule has 0 saturated heterocycles. The first-order valence-electron chi connectivity index (χ1n) is 30.0. The number of rotatable bonds is 4. The van der Waals surface area contributed by atoms with Gasteiger partial charge in [0.05, 0.1) is 79.0 Å². The van der Waals surface area contributed by atoms with Crippen molar-refractivity contribution in [2.24, 2.45) is 0 Å². The predicted octanol–water partition coefficient (Wildman–Crippen LogP) is 22.1. The van der Waals surface area contributed by atoms with Gasteiger partial charge in [-0.2, -0.15) is 5.26 Å². The second kappa shape index (κ2) is 17.0. The molecule has 0 N–H and O–H groups in total. The van der Waals surface area contributed by atoms with Crippen LogP contribution in [0.3, 0.4) is 0 Å². The number of hydrogen-bond donors (Lipinski definition) is 0. The molecule has 8 aromatic heterocycles. The summed E-state index contributed by atoms with van der Waals surface area (Å²) >= 11 is 0. The van der Waals surface area contributed by atoms with Gasteiger partial charge >= 0.3 is 0 Å². The molecule has 21 rings (SSSR count). The van der Waals surface area contributed by atoms with Crippen LogP contribution in [0.15, 0.2) is 260 Å². The van der Waals surface area contributed by atoms with Gasteiger partial charge in [0.1, 0.15) is 28.4 Å². The molecule has 21 aromatic rings. The quantitative estimate of drug-likeness (QED) is 0.163. The zero-order valence-corrected chi connectivity index (χ0v) is 47.4. The van der Waals surface area contributed by atoms with Crippen LogP contribution in [0.4, 0.5) is 5.69 Å². The maximum absolute atomic E-state index is 13.2. The number of nitriles is 1. The van der Waals surface area contributed by atoms with Crippen molar-refractivity contribution in [1.29, 1.82) is 5.26 Å². The third-order valence-corrected chi connectivity index (χ3v) is 19.2. The predicted molar refractivity (Wildman–Crippen MR) is 364 cm³/mol. The van der Waals surface area contributed by atoms with Gasteiger partial charge in [0.15, 0.2) is 22.3 Å². The van der Waals surface area contributed by atoms with Gasteiger partial charge in [-0.15, -0.1) is 0 Å². The van der Waals surface area contributed by atoms with E-state index in [4.69, 9.17) is 22.5 Å². The van der Waals surface area contributed by atoms with Crippen LogP contribution in [0.2, 0.25) is 0 Å². The zero-order chi connectivity index (χ0) is 58.8. The Balaban J connectivity index is 1.11. The minimum Gasteiger partial charge on any atom is -0.454 e. The molecule has 0 amide bonds. The van der Waals surface area contributed by atoms with E-state index in [1.165, 1.54) is 0 Å². The highest BCUT2D eigenvalue weighted by Crippen LogP contribution is 2.55. The van der Waals surface area contributed by atoms with Crippen molar-refractivity contribution in [3.8, 4) is 28.8 Å². The van der Waals surface area contributed by atoms with Crippen molar-refractivity contribution in [1.82, 2.24) is 18.3 Å². The zero-order valence-electron chi connectivity index (χ0n) is 47.4. The largest absolute Gasteiger partial charge is 0.454 e. The minimum absolute atomic E-state index is 0.217. The van der Waals surface area contributed by atoms with Gasteiger partial charge in [-0.1, -0.05) is 170 Å². The van der Waals surface area contributed by atoms with E-state index in [-0.39, 0.29) is 11.3 Å². The minimum atomic E-state index is 0.217. The number of aromatic nitrogens is 4. The highest BCUT2D eigenvalue weighted by molar-refractivity contribution is 6.28. The van der Waals surface area contributed by atoms with Crippen molar-refractivity contribution in [3.63, 3.8) is 0 Å². The average molecular weight is 1150 g/mol. The Kier molecular flexibility index (Phi) is 8.98. The topological polar surface area (TPSA) is 100 Å². The Morgan fingerprint density at radius 2 is 0.522 bits per heavy atom. The maximum Gasteiger partial charge on any atom is 0.237 e. The number of benzene rings is 13. The van der Waals surface area contributed by atoms with Gasteiger partial charge in [-0.3, -0.25) is 0 Å². The van der Waals surface area contributed by atoms with Crippen LogP contribution in [0.5, 0.6) is 0 Å². The monoisotopic (exact) mass is 1150 g/mol. The summed E-state index contributed by atoms with van der Waals surface area (Å²) < 4.78 is 37.8. The Morgan fingerprint density at radius 1 is 0.267 bits per heavy atom. The van der Waals surface area contributed by atoms with Crippen molar-refractivity contribution >= 4 is 181 Å². The number of para-hydroxylation sites is 8. The van der Waals surface area contributed by atoms with E-state index in [2.05, 4.69) is 182 Å². The molecule has 0 aliphatic rings. The molecular formula is C80H40N6O4. The maximum atomic E-state index is 13.2. The summed E-state index contributed by atoms with van der Waals surface area (Å²) in [5, 5.41) is 28.2. The van der Waals surface area contributed by atoms with Gasteiger partial charge in [0.25, 0.3) is 0 Å². The molecule has 90 heavy (non-hydrogen) atoms. The van der Waals surface area contributed by atoms with Gasteiger partial charge < -0.3 is 35.9 Å². The molecule has 0 unspecified atom stereocenters. The number of fused-ring (bicyclic) bond motifs is 28. The standard InChI is InChI=1S/C80H40N6O4/c1-82-68-69(83-60-26-10-2-18-43(60)51-34-38-55-47-22-6-14-30-64(47)87-77(55)71(51)83)59(42-81)70(84-61-27-11-3-19-44(61)52-35-39-56-48-23-7-15-31-65(48)88-78(56)72(52)84)76(86-63-29-13-5-21-46(63)54-37-41-58-50-25-9-17-33-67(50)90-80(58)74(54)86)75(68)85-62-28-12-4-20-45(62)53-36-40-57-49-24-8-16-32-66(49)89-79(57)73(53)85/h2-41H. The molecule has 0 radical (unpaired) electrons. The summed E-state index contributed by atoms with van der Waals surface area (Å²) in [5.74, 6) is 0. The van der Waals surface area contributed by atoms with E-state index in [0.29, 0.717) is 45.1 Å². The summed E-state index contributed by atoms with van der Waals surface area (Å²) in [6.07, 6.45) is 0.